The Morgan fingerprint density at radius 3 is 2.67 bits per heavy atom. The maximum Gasteiger partial charge on any atom is 0.306 e. The van der Waals surface area contributed by atoms with Crippen molar-refractivity contribution in [2.24, 2.45) is 0 Å². The average molecular weight is 207 g/mol. The highest BCUT2D eigenvalue weighted by Crippen LogP contribution is 2.10. The molecular formula is C12H17NO2. The summed E-state index contributed by atoms with van der Waals surface area (Å²) in [7, 11) is 1.41. The van der Waals surface area contributed by atoms with E-state index < -0.39 is 0 Å². The van der Waals surface area contributed by atoms with Gasteiger partial charge in [0.05, 0.1) is 13.5 Å². The molecule has 0 bridgehead atoms. The summed E-state index contributed by atoms with van der Waals surface area (Å²) in [4.78, 5) is 10.9. The van der Waals surface area contributed by atoms with Crippen LogP contribution in [0.4, 0.5) is 0 Å². The van der Waals surface area contributed by atoms with Gasteiger partial charge in [0.15, 0.2) is 0 Å². The quantitative estimate of drug-likeness (QED) is 0.749. The van der Waals surface area contributed by atoms with Crippen LogP contribution >= 0.6 is 0 Å². The van der Waals surface area contributed by atoms with E-state index in [4.69, 9.17) is 0 Å². The normalized spacial score (nSPS) is 12.1. The number of esters is 1. The fraction of sp³-hybridized carbons (Fsp3) is 0.417. The molecule has 1 aromatic carbocycles. The van der Waals surface area contributed by atoms with Gasteiger partial charge in [-0.25, -0.2) is 0 Å². The molecule has 0 aliphatic carbocycles. The van der Waals surface area contributed by atoms with Gasteiger partial charge < -0.3 is 10.1 Å². The summed E-state index contributed by atoms with van der Waals surface area (Å²) in [5.41, 5.74) is 1.22. The Morgan fingerprint density at radius 2 is 2.07 bits per heavy atom. The van der Waals surface area contributed by atoms with Gasteiger partial charge in [-0.3, -0.25) is 4.79 Å². The number of carbonyl (C=O) groups excluding carboxylic acids is 1. The zero-order valence-electron chi connectivity index (χ0n) is 9.19. The van der Waals surface area contributed by atoms with Crippen molar-refractivity contribution in [3.63, 3.8) is 0 Å². The first-order valence-electron chi connectivity index (χ1n) is 5.09. The highest BCUT2D eigenvalue weighted by atomic mass is 16.5. The van der Waals surface area contributed by atoms with Crippen LogP contribution in [0.1, 0.15) is 24.9 Å². The van der Waals surface area contributed by atoms with E-state index in [0.29, 0.717) is 13.0 Å². The fourth-order valence-corrected chi connectivity index (χ4v) is 1.35. The molecule has 0 aliphatic heterocycles. The second kappa shape index (κ2) is 6.19. The molecule has 1 N–H and O–H groups in total. The molecule has 0 saturated carbocycles. The topological polar surface area (TPSA) is 38.3 Å². The predicted molar refractivity (Wildman–Crippen MR) is 59.5 cm³/mol. The standard InChI is InChI=1S/C12H17NO2/c1-10(11-6-4-3-5-7-11)13-9-8-12(14)15-2/h3-7,10,13H,8-9H2,1-2H3/t10-/m0/s1. The molecule has 0 radical (unpaired) electrons. The molecule has 3 heteroatoms. The molecule has 1 aromatic rings. The van der Waals surface area contributed by atoms with Gasteiger partial charge in [0, 0.05) is 12.6 Å². The summed E-state index contributed by atoms with van der Waals surface area (Å²) in [5, 5.41) is 3.26. The molecule has 0 aliphatic rings. The molecule has 1 atom stereocenters. The Bertz CT molecular complexity index is 298. The molecule has 1 rings (SSSR count). The molecular weight excluding hydrogens is 190 g/mol. The van der Waals surface area contributed by atoms with Crippen molar-refractivity contribution in [3.05, 3.63) is 35.9 Å². The molecule has 82 valence electrons. The first kappa shape index (κ1) is 11.7. The summed E-state index contributed by atoms with van der Waals surface area (Å²) >= 11 is 0. The lowest BCUT2D eigenvalue weighted by Gasteiger charge is -2.13. The van der Waals surface area contributed by atoms with Gasteiger partial charge in [-0.05, 0) is 12.5 Å². The van der Waals surface area contributed by atoms with Crippen LogP contribution in [0.5, 0.6) is 0 Å². The van der Waals surface area contributed by atoms with E-state index in [0.717, 1.165) is 0 Å². The minimum Gasteiger partial charge on any atom is -0.469 e. The van der Waals surface area contributed by atoms with E-state index in [1.54, 1.807) is 0 Å². The summed E-state index contributed by atoms with van der Waals surface area (Å²) in [6.45, 7) is 2.72. The third-order valence-corrected chi connectivity index (χ3v) is 2.31. The smallest absolute Gasteiger partial charge is 0.306 e. The maximum absolute atomic E-state index is 10.9. The molecule has 0 saturated heterocycles. The van der Waals surface area contributed by atoms with Crippen molar-refractivity contribution >= 4 is 5.97 Å². The SMILES string of the molecule is COC(=O)CCN[C@@H](C)c1ccccc1. The van der Waals surface area contributed by atoms with Crippen LogP contribution in [0.25, 0.3) is 0 Å². The van der Waals surface area contributed by atoms with Crippen LogP contribution in [0.3, 0.4) is 0 Å². The molecule has 0 amide bonds. The number of carbonyl (C=O) groups is 1. The summed E-state index contributed by atoms with van der Waals surface area (Å²) < 4.78 is 4.56. The second-order valence-electron chi connectivity index (χ2n) is 3.41. The monoisotopic (exact) mass is 207 g/mol. The van der Waals surface area contributed by atoms with E-state index >= 15 is 0 Å². The number of rotatable bonds is 5. The van der Waals surface area contributed by atoms with Gasteiger partial charge in [0.2, 0.25) is 0 Å². The van der Waals surface area contributed by atoms with E-state index in [-0.39, 0.29) is 12.0 Å². The van der Waals surface area contributed by atoms with Gasteiger partial charge >= 0.3 is 5.97 Å². The minimum atomic E-state index is -0.178. The van der Waals surface area contributed by atoms with Crippen molar-refractivity contribution in [1.82, 2.24) is 5.32 Å². The summed E-state index contributed by atoms with van der Waals surface area (Å²) in [6.07, 6.45) is 0.410. The lowest BCUT2D eigenvalue weighted by atomic mass is 10.1. The van der Waals surface area contributed by atoms with E-state index in [1.165, 1.54) is 12.7 Å². The third-order valence-electron chi connectivity index (χ3n) is 2.31. The van der Waals surface area contributed by atoms with Crippen molar-refractivity contribution in [1.29, 1.82) is 0 Å². The second-order valence-corrected chi connectivity index (χ2v) is 3.41. The lowest BCUT2D eigenvalue weighted by Crippen LogP contribution is -2.22. The van der Waals surface area contributed by atoms with Gasteiger partial charge in [0.1, 0.15) is 0 Å². The number of hydrogen-bond donors (Lipinski definition) is 1. The van der Waals surface area contributed by atoms with E-state index in [2.05, 4.69) is 29.1 Å². The Hall–Kier alpha value is -1.35. The molecule has 3 nitrogen and oxygen atoms in total. The minimum absolute atomic E-state index is 0.178. The van der Waals surface area contributed by atoms with Crippen molar-refractivity contribution in [3.8, 4) is 0 Å². The Kier molecular flexibility index (Phi) is 4.84. The van der Waals surface area contributed by atoms with Crippen molar-refractivity contribution in [2.75, 3.05) is 13.7 Å². The zero-order chi connectivity index (χ0) is 11.1. The molecule has 0 heterocycles. The van der Waals surface area contributed by atoms with Crippen LogP contribution in [0.2, 0.25) is 0 Å². The predicted octanol–water partition coefficient (Wildman–Crippen LogP) is 1.90. The molecule has 0 unspecified atom stereocenters. The van der Waals surface area contributed by atoms with Crippen LogP contribution < -0.4 is 5.32 Å². The van der Waals surface area contributed by atoms with Gasteiger partial charge in [-0.15, -0.1) is 0 Å². The molecule has 15 heavy (non-hydrogen) atoms. The molecule has 0 spiro atoms. The fourth-order valence-electron chi connectivity index (χ4n) is 1.35. The first-order chi connectivity index (χ1) is 7.24. The van der Waals surface area contributed by atoms with Crippen LogP contribution in [-0.2, 0) is 9.53 Å². The number of hydrogen-bond acceptors (Lipinski definition) is 3. The first-order valence-corrected chi connectivity index (χ1v) is 5.09. The Balaban J connectivity index is 2.31. The summed E-state index contributed by atoms with van der Waals surface area (Å²) in [5.74, 6) is -0.178. The van der Waals surface area contributed by atoms with E-state index in [1.807, 2.05) is 18.2 Å². The summed E-state index contributed by atoms with van der Waals surface area (Å²) in [6, 6.07) is 10.4. The number of ether oxygens (including phenoxy) is 1. The largest absolute Gasteiger partial charge is 0.469 e. The number of benzene rings is 1. The highest BCUT2D eigenvalue weighted by molar-refractivity contribution is 5.69. The molecule has 0 aromatic heterocycles. The van der Waals surface area contributed by atoms with Gasteiger partial charge in [0.25, 0.3) is 0 Å². The van der Waals surface area contributed by atoms with Crippen molar-refractivity contribution in [2.45, 2.75) is 19.4 Å². The highest BCUT2D eigenvalue weighted by Gasteiger charge is 2.05. The van der Waals surface area contributed by atoms with Gasteiger partial charge in [-0.2, -0.15) is 0 Å². The van der Waals surface area contributed by atoms with Crippen LogP contribution in [0, 0.1) is 0 Å². The number of nitrogens with one attached hydrogen (secondary N) is 1. The average Bonchev–Trinajstić information content (AvgIpc) is 2.29. The Labute approximate surface area is 90.4 Å². The van der Waals surface area contributed by atoms with Crippen LogP contribution in [-0.4, -0.2) is 19.6 Å². The van der Waals surface area contributed by atoms with Crippen molar-refractivity contribution < 1.29 is 9.53 Å². The molecule has 0 fully saturated rings. The third kappa shape index (κ3) is 4.13. The lowest BCUT2D eigenvalue weighted by molar-refractivity contribution is -0.140. The number of methoxy groups -OCH3 is 1. The zero-order valence-corrected chi connectivity index (χ0v) is 9.19. The Morgan fingerprint density at radius 1 is 1.40 bits per heavy atom. The maximum atomic E-state index is 10.9. The van der Waals surface area contributed by atoms with Gasteiger partial charge in [-0.1, -0.05) is 30.3 Å². The van der Waals surface area contributed by atoms with Crippen LogP contribution in [0.15, 0.2) is 30.3 Å². The van der Waals surface area contributed by atoms with E-state index in [9.17, 15) is 4.79 Å².